The summed E-state index contributed by atoms with van der Waals surface area (Å²) in [5.41, 5.74) is 0. The first-order valence-corrected chi connectivity index (χ1v) is 5.80. The van der Waals surface area contributed by atoms with Crippen molar-refractivity contribution in [1.82, 2.24) is 0 Å². The molecule has 5 heteroatoms. The van der Waals surface area contributed by atoms with Crippen molar-refractivity contribution >= 4 is 9.84 Å². The second kappa shape index (κ2) is 3.88. The van der Waals surface area contributed by atoms with Crippen molar-refractivity contribution in [2.24, 2.45) is 0 Å². The van der Waals surface area contributed by atoms with Crippen molar-refractivity contribution in [2.45, 2.75) is 4.90 Å². The van der Waals surface area contributed by atoms with Gasteiger partial charge < -0.3 is 9.47 Å². The van der Waals surface area contributed by atoms with Crippen LogP contribution in [0.25, 0.3) is 0 Å². The molecule has 0 saturated carbocycles. The summed E-state index contributed by atoms with van der Waals surface area (Å²) in [6.07, 6.45) is 1.14. The predicted molar refractivity (Wildman–Crippen MR) is 52.7 cm³/mol. The molecule has 78 valence electrons. The van der Waals surface area contributed by atoms with Crippen LogP contribution in [-0.4, -0.2) is 28.9 Å². The number of methoxy groups -OCH3 is 2. The van der Waals surface area contributed by atoms with E-state index in [1.807, 2.05) is 0 Å². The second-order valence-corrected chi connectivity index (χ2v) is 4.77. The summed E-state index contributed by atoms with van der Waals surface area (Å²) in [4.78, 5) is 0.167. The Morgan fingerprint density at radius 3 is 2.21 bits per heavy atom. The van der Waals surface area contributed by atoms with Crippen LogP contribution in [0.4, 0.5) is 0 Å². The highest BCUT2D eigenvalue weighted by molar-refractivity contribution is 7.90. The van der Waals surface area contributed by atoms with Gasteiger partial charge in [-0.25, -0.2) is 8.42 Å². The summed E-state index contributed by atoms with van der Waals surface area (Å²) in [6.45, 7) is 0. The van der Waals surface area contributed by atoms with Gasteiger partial charge in [0.1, 0.15) is 16.4 Å². The molecule has 0 aliphatic rings. The first-order chi connectivity index (χ1) is 6.49. The van der Waals surface area contributed by atoms with Crippen LogP contribution in [0.3, 0.4) is 0 Å². The van der Waals surface area contributed by atoms with Gasteiger partial charge in [-0.3, -0.25) is 0 Å². The maximum Gasteiger partial charge on any atom is 0.179 e. The molecule has 0 heterocycles. The van der Waals surface area contributed by atoms with Crippen LogP contribution in [0.2, 0.25) is 0 Å². The lowest BCUT2D eigenvalue weighted by Crippen LogP contribution is -2.00. The Labute approximate surface area is 83.4 Å². The van der Waals surface area contributed by atoms with Crippen LogP contribution >= 0.6 is 0 Å². The molecule has 0 saturated heterocycles. The van der Waals surface area contributed by atoms with Crippen LogP contribution in [0, 0.1) is 0 Å². The zero-order chi connectivity index (χ0) is 10.8. The number of sulfone groups is 1. The summed E-state index contributed by atoms with van der Waals surface area (Å²) >= 11 is 0. The molecule has 0 aromatic heterocycles. The van der Waals surface area contributed by atoms with E-state index in [-0.39, 0.29) is 4.90 Å². The predicted octanol–water partition coefficient (Wildman–Crippen LogP) is 1.11. The zero-order valence-electron chi connectivity index (χ0n) is 8.27. The third kappa shape index (κ3) is 2.17. The number of hydrogen-bond donors (Lipinski definition) is 0. The minimum atomic E-state index is -3.25. The highest BCUT2D eigenvalue weighted by Crippen LogP contribution is 2.27. The van der Waals surface area contributed by atoms with Gasteiger partial charge in [0.2, 0.25) is 0 Å². The SMILES string of the molecule is COc1ccc(S(C)(=O)=O)c(OC)c1. The van der Waals surface area contributed by atoms with Gasteiger partial charge in [-0.1, -0.05) is 0 Å². The molecule has 0 unspecified atom stereocenters. The molecule has 0 amide bonds. The van der Waals surface area contributed by atoms with Gasteiger partial charge in [0.15, 0.2) is 9.84 Å². The van der Waals surface area contributed by atoms with Gasteiger partial charge in [-0.05, 0) is 12.1 Å². The van der Waals surface area contributed by atoms with Crippen LogP contribution in [0.1, 0.15) is 0 Å². The molecule has 4 nitrogen and oxygen atoms in total. The van der Waals surface area contributed by atoms with E-state index in [4.69, 9.17) is 9.47 Å². The molecule has 1 aromatic rings. The van der Waals surface area contributed by atoms with E-state index in [9.17, 15) is 8.42 Å². The molecule has 1 rings (SSSR count). The van der Waals surface area contributed by atoms with Crippen molar-refractivity contribution in [3.05, 3.63) is 18.2 Å². The molecule has 0 atom stereocenters. The highest BCUT2D eigenvalue weighted by atomic mass is 32.2. The van der Waals surface area contributed by atoms with E-state index in [1.54, 1.807) is 6.07 Å². The molecule has 0 aliphatic carbocycles. The standard InChI is InChI=1S/C9H12O4S/c1-12-7-4-5-9(14(3,10)11)8(6-7)13-2/h4-6H,1-3H3. The molecular weight excluding hydrogens is 204 g/mol. The molecule has 0 bridgehead atoms. The van der Waals surface area contributed by atoms with Gasteiger partial charge in [0, 0.05) is 12.3 Å². The topological polar surface area (TPSA) is 52.6 Å². The second-order valence-electron chi connectivity index (χ2n) is 2.79. The lowest BCUT2D eigenvalue weighted by atomic mass is 10.3. The average molecular weight is 216 g/mol. The molecule has 0 radical (unpaired) electrons. The number of hydrogen-bond acceptors (Lipinski definition) is 4. The Balaban J connectivity index is 3.33. The summed E-state index contributed by atoms with van der Waals surface area (Å²) in [5, 5.41) is 0. The Bertz CT molecular complexity index is 422. The Kier molecular flexibility index (Phi) is 3.00. The summed E-state index contributed by atoms with van der Waals surface area (Å²) in [7, 11) is -0.322. The maximum atomic E-state index is 11.3. The lowest BCUT2D eigenvalue weighted by molar-refractivity contribution is 0.386. The highest BCUT2D eigenvalue weighted by Gasteiger charge is 2.14. The average Bonchev–Trinajstić information content (AvgIpc) is 2.15. The first-order valence-electron chi connectivity index (χ1n) is 3.91. The molecular formula is C9H12O4S. The van der Waals surface area contributed by atoms with Gasteiger partial charge in [-0.2, -0.15) is 0 Å². The third-order valence-corrected chi connectivity index (χ3v) is 2.91. The largest absolute Gasteiger partial charge is 0.497 e. The zero-order valence-corrected chi connectivity index (χ0v) is 9.09. The van der Waals surface area contributed by atoms with Crippen molar-refractivity contribution in [3.63, 3.8) is 0 Å². The smallest absolute Gasteiger partial charge is 0.179 e. The van der Waals surface area contributed by atoms with Crippen molar-refractivity contribution < 1.29 is 17.9 Å². The summed E-state index contributed by atoms with van der Waals surface area (Å²) in [5.74, 6) is 0.862. The normalized spacial score (nSPS) is 11.1. The number of ether oxygens (including phenoxy) is 2. The fourth-order valence-electron chi connectivity index (χ4n) is 1.08. The van der Waals surface area contributed by atoms with E-state index in [0.717, 1.165) is 6.26 Å². The first kappa shape index (κ1) is 10.8. The number of rotatable bonds is 3. The summed E-state index contributed by atoms with van der Waals surface area (Å²) in [6, 6.07) is 4.59. The van der Waals surface area contributed by atoms with E-state index < -0.39 is 9.84 Å². The van der Waals surface area contributed by atoms with Crippen LogP contribution in [-0.2, 0) is 9.84 Å². The quantitative estimate of drug-likeness (QED) is 0.759. The third-order valence-electron chi connectivity index (χ3n) is 1.77. The Hall–Kier alpha value is -1.23. The lowest BCUT2D eigenvalue weighted by Gasteiger charge is -2.08. The molecule has 1 aromatic carbocycles. The van der Waals surface area contributed by atoms with Crippen molar-refractivity contribution in [2.75, 3.05) is 20.5 Å². The van der Waals surface area contributed by atoms with E-state index >= 15 is 0 Å². The molecule has 0 N–H and O–H groups in total. The van der Waals surface area contributed by atoms with E-state index in [1.165, 1.54) is 26.4 Å². The van der Waals surface area contributed by atoms with Gasteiger partial charge in [-0.15, -0.1) is 0 Å². The Morgan fingerprint density at radius 2 is 1.79 bits per heavy atom. The molecule has 0 spiro atoms. The number of benzene rings is 1. The fourth-order valence-corrected chi connectivity index (χ4v) is 1.90. The molecule has 0 fully saturated rings. The molecule has 14 heavy (non-hydrogen) atoms. The van der Waals surface area contributed by atoms with Gasteiger partial charge in [0.25, 0.3) is 0 Å². The van der Waals surface area contributed by atoms with E-state index in [2.05, 4.69) is 0 Å². The van der Waals surface area contributed by atoms with Gasteiger partial charge in [0.05, 0.1) is 14.2 Å². The van der Waals surface area contributed by atoms with Crippen LogP contribution < -0.4 is 9.47 Å². The minimum Gasteiger partial charge on any atom is -0.497 e. The summed E-state index contributed by atoms with van der Waals surface area (Å²) < 4.78 is 32.5. The van der Waals surface area contributed by atoms with Crippen molar-refractivity contribution in [3.8, 4) is 11.5 Å². The van der Waals surface area contributed by atoms with Gasteiger partial charge >= 0.3 is 0 Å². The fraction of sp³-hybridized carbons (Fsp3) is 0.333. The maximum absolute atomic E-state index is 11.3. The Morgan fingerprint density at radius 1 is 1.14 bits per heavy atom. The minimum absolute atomic E-state index is 0.167. The van der Waals surface area contributed by atoms with Crippen LogP contribution in [0.5, 0.6) is 11.5 Å². The van der Waals surface area contributed by atoms with Crippen LogP contribution in [0.15, 0.2) is 23.1 Å². The molecule has 0 aliphatic heterocycles. The monoisotopic (exact) mass is 216 g/mol. The van der Waals surface area contributed by atoms with E-state index in [0.29, 0.717) is 11.5 Å². The van der Waals surface area contributed by atoms with Crippen molar-refractivity contribution in [1.29, 1.82) is 0 Å².